The largest absolute Gasteiger partial charge is 0.466 e. The van der Waals surface area contributed by atoms with Crippen LogP contribution in [0.25, 0.3) is 0 Å². The zero-order chi connectivity index (χ0) is 6.69. The molecule has 1 heterocycles. The zero-order valence-electron chi connectivity index (χ0n) is 5.17. The topological polar surface area (TPSA) is 26.3 Å². The zero-order valence-corrected chi connectivity index (χ0v) is 6.06. The van der Waals surface area contributed by atoms with Crippen molar-refractivity contribution in [3.05, 3.63) is 0 Å². The van der Waals surface area contributed by atoms with E-state index in [9.17, 15) is 4.79 Å². The molecule has 0 spiro atoms. The number of esters is 1. The molecule has 2 nitrogen and oxygen atoms in total. The van der Waals surface area contributed by atoms with Crippen LogP contribution in [-0.4, -0.2) is 17.8 Å². The summed E-state index contributed by atoms with van der Waals surface area (Å²) in [6.45, 7) is 0.579. The van der Waals surface area contributed by atoms with Crippen LogP contribution in [0.15, 0.2) is 0 Å². The Balaban J connectivity index is 2.37. The maximum Gasteiger partial charge on any atom is 0.306 e. The molecule has 1 unspecified atom stereocenters. The van der Waals surface area contributed by atoms with Crippen molar-refractivity contribution in [1.29, 1.82) is 0 Å². The normalized spacial score (nSPS) is 29.0. The second kappa shape index (κ2) is 3.11. The number of cyclic esters (lactones) is 1. The summed E-state index contributed by atoms with van der Waals surface area (Å²) in [5.74, 6) is -0.104. The molecule has 1 rings (SSSR count). The van der Waals surface area contributed by atoms with Gasteiger partial charge in [0.15, 0.2) is 0 Å². The number of carbonyl (C=O) groups excluding carboxylic acids is 1. The van der Waals surface area contributed by atoms with Gasteiger partial charge in [-0.3, -0.25) is 4.79 Å². The van der Waals surface area contributed by atoms with E-state index < -0.39 is 0 Å². The summed E-state index contributed by atoms with van der Waals surface area (Å²) < 4.78 is 4.79. The molecule has 0 aromatic rings. The second-order valence-electron chi connectivity index (χ2n) is 2.22. The molecular weight excluding hydrogens is 136 g/mol. The van der Waals surface area contributed by atoms with Crippen molar-refractivity contribution in [2.24, 2.45) is 0 Å². The summed E-state index contributed by atoms with van der Waals surface area (Å²) in [4.78, 5) is 10.6. The van der Waals surface area contributed by atoms with Crippen molar-refractivity contribution in [2.75, 3.05) is 6.61 Å². The monoisotopic (exact) mass is 146 g/mol. The molecule has 0 amide bonds. The molecule has 1 fully saturated rings. The smallest absolute Gasteiger partial charge is 0.306 e. The van der Waals surface area contributed by atoms with Gasteiger partial charge in [-0.05, 0) is 12.8 Å². The maximum absolute atomic E-state index is 10.6. The predicted octanol–water partition coefficient (Wildman–Crippen LogP) is 1.01. The Hall–Kier alpha value is -0.180. The molecule has 0 aromatic heterocycles. The van der Waals surface area contributed by atoms with Crippen molar-refractivity contribution in [3.8, 4) is 0 Å². The van der Waals surface area contributed by atoms with Gasteiger partial charge >= 0.3 is 5.97 Å². The van der Waals surface area contributed by atoms with E-state index in [2.05, 4.69) is 12.6 Å². The number of carbonyl (C=O) groups is 1. The highest BCUT2D eigenvalue weighted by molar-refractivity contribution is 7.81. The van der Waals surface area contributed by atoms with Crippen LogP contribution in [0.2, 0.25) is 0 Å². The van der Waals surface area contributed by atoms with Gasteiger partial charge in [-0.25, -0.2) is 0 Å². The first-order chi connectivity index (χ1) is 4.29. The Labute approximate surface area is 60.0 Å². The van der Waals surface area contributed by atoms with Gasteiger partial charge in [0.1, 0.15) is 0 Å². The summed E-state index contributed by atoms with van der Waals surface area (Å²) in [7, 11) is 0. The van der Waals surface area contributed by atoms with E-state index in [1.165, 1.54) is 0 Å². The first-order valence-corrected chi connectivity index (χ1v) is 3.64. The van der Waals surface area contributed by atoms with Crippen molar-refractivity contribution in [1.82, 2.24) is 0 Å². The molecule has 0 aliphatic carbocycles. The third-order valence-corrected chi connectivity index (χ3v) is 1.79. The summed E-state index contributed by atoms with van der Waals surface area (Å²) in [5.41, 5.74) is 0. The molecule has 0 aromatic carbocycles. The van der Waals surface area contributed by atoms with E-state index in [-0.39, 0.29) is 11.2 Å². The Bertz CT molecular complexity index is 114. The Morgan fingerprint density at radius 2 is 2.44 bits per heavy atom. The van der Waals surface area contributed by atoms with E-state index in [4.69, 9.17) is 4.74 Å². The molecule has 0 N–H and O–H groups in total. The number of hydrogen-bond acceptors (Lipinski definition) is 3. The van der Waals surface area contributed by atoms with Crippen molar-refractivity contribution < 1.29 is 9.53 Å². The van der Waals surface area contributed by atoms with Gasteiger partial charge in [-0.1, -0.05) is 0 Å². The lowest BCUT2D eigenvalue weighted by Crippen LogP contribution is -2.05. The highest BCUT2D eigenvalue weighted by Crippen LogP contribution is 2.13. The summed E-state index contributed by atoms with van der Waals surface area (Å²) in [6.07, 6.45) is 2.43. The third kappa shape index (κ3) is 2.26. The van der Waals surface area contributed by atoms with Gasteiger partial charge in [0.05, 0.1) is 13.0 Å². The first-order valence-electron chi connectivity index (χ1n) is 3.13. The van der Waals surface area contributed by atoms with Crippen LogP contribution in [-0.2, 0) is 9.53 Å². The van der Waals surface area contributed by atoms with E-state index in [1.54, 1.807) is 0 Å². The average Bonchev–Trinajstić information content (AvgIpc) is 1.93. The number of thiol groups is 1. The van der Waals surface area contributed by atoms with Gasteiger partial charge in [-0.2, -0.15) is 12.6 Å². The van der Waals surface area contributed by atoms with E-state index in [0.717, 1.165) is 12.8 Å². The molecule has 0 radical (unpaired) electrons. The van der Waals surface area contributed by atoms with E-state index >= 15 is 0 Å². The van der Waals surface area contributed by atoms with Gasteiger partial charge in [0, 0.05) is 5.25 Å². The summed E-state index contributed by atoms with van der Waals surface area (Å²) in [5, 5.41) is 0.222. The van der Waals surface area contributed by atoms with Gasteiger partial charge in [0.25, 0.3) is 0 Å². The fraction of sp³-hybridized carbons (Fsp3) is 0.833. The maximum atomic E-state index is 10.6. The van der Waals surface area contributed by atoms with Crippen molar-refractivity contribution in [3.63, 3.8) is 0 Å². The van der Waals surface area contributed by atoms with Crippen LogP contribution in [0.3, 0.4) is 0 Å². The van der Waals surface area contributed by atoms with Gasteiger partial charge in [-0.15, -0.1) is 0 Å². The molecule has 1 atom stereocenters. The lowest BCUT2D eigenvalue weighted by atomic mass is 10.2. The van der Waals surface area contributed by atoms with Crippen molar-refractivity contribution in [2.45, 2.75) is 24.5 Å². The molecule has 1 aliphatic rings. The highest BCUT2D eigenvalue weighted by Gasteiger charge is 2.14. The fourth-order valence-corrected chi connectivity index (χ4v) is 1.19. The first kappa shape index (κ1) is 6.93. The van der Waals surface area contributed by atoms with Crippen LogP contribution in [0.4, 0.5) is 0 Å². The molecule has 9 heavy (non-hydrogen) atoms. The predicted molar refractivity (Wildman–Crippen MR) is 37.6 cm³/mol. The number of rotatable bonds is 0. The average molecular weight is 146 g/mol. The molecule has 0 saturated carbocycles. The molecule has 1 saturated heterocycles. The van der Waals surface area contributed by atoms with Crippen LogP contribution in [0, 0.1) is 0 Å². The van der Waals surface area contributed by atoms with Crippen LogP contribution >= 0.6 is 12.6 Å². The molecular formula is C6H10O2S. The Morgan fingerprint density at radius 3 is 3.22 bits per heavy atom. The minimum absolute atomic E-state index is 0.104. The highest BCUT2D eigenvalue weighted by atomic mass is 32.1. The van der Waals surface area contributed by atoms with Crippen molar-refractivity contribution >= 4 is 18.6 Å². The number of hydrogen-bond donors (Lipinski definition) is 1. The van der Waals surface area contributed by atoms with Gasteiger partial charge in [0.2, 0.25) is 0 Å². The fourth-order valence-electron chi connectivity index (χ4n) is 0.858. The quantitative estimate of drug-likeness (QED) is 0.408. The summed E-state index contributed by atoms with van der Waals surface area (Å²) >= 11 is 4.19. The number of ether oxygens (including phenoxy) is 1. The standard InChI is InChI=1S/C6H10O2S/c7-6-4-5(9)2-1-3-8-6/h5,9H,1-4H2. The summed E-state index contributed by atoms with van der Waals surface area (Å²) in [6, 6.07) is 0. The van der Waals surface area contributed by atoms with Crippen LogP contribution in [0.5, 0.6) is 0 Å². The Morgan fingerprint density at radius 1 is 1.67 bits per heavy atom. The second-order valence-corrected chi connectivity index (χ2v) is 2.95. The third-order valence-electron chi connectivity index (χ3n) is 1.35. The minimum Gasteiger partial charge on any atom is -0.466 e. The van der Waals surface area contributed by atoms with Gasteiger partial charge < -0.3 is 4.74 Å². The molecule has 1 aliphatic heterocycles. The van der Waals surface area contributed by atoms with Crippen LogP contribution < -0.4 is 0 Å². The Kier molecular flexibility index (Phi) is 2.39. The minimum atomic E-state index is -0.104. The molecule has 3 heteroatoms. The lowest BCUT2D eigenvalue weighted by Gasteiger charge is -1.99. The van der Waals surface area contributed by atoms with Crippen LogP contribution in [0.1, 0.15) is 19.3 Å². The lowest BCUT2D eigenvalue weighted by molar-refractivity contribution is -0.142. The molecule has 0 bridgehead atoms. The van der Waals surface area contributed by atoms with E-state index in [0.29, 0.717) is 13.0 Å². The van der Waals surface area contributed by atoms with E-state index in [1.807, 2.05) is 0 Å². The molecule has 52 valence electrons. The SMILES string of the molecule is O=C1CC(S)CCCO1.